The summed E-state index contributed by atoms with van der Waals surface area (Å²) in [7, 11) is 1.70. The minimum atomic E-state index is -0.712. The highest BCUT2D eigenvalue weighted by molar-refractivity contribution is 7.98. The number of amides is 2. The predicted molar refractivity (Wildman–Crippen MR) is 124 cm³/mol. The van der Waals surface area contributed by atoms with Gasteiger partial charge in [0, 0.05) is 18.6 Å². The third-order valence-corrected chi connectivity index (χ3v) is 6.82. The normalized spacial score (nSPS) is 14.7. The standard InChI is InChI=1S/C20H28FN7O3S2/c1-27(11-15-22-7-8-33-15)18-16(21)17(23-20(24-18)32-2)25-26-19(30)14(10-28(31)12-29)9-13-5-3-4-6-13/h7-8,12-14,31H,3-6,9-11H2,1-2H3,(H,26,30)(H,23,24,25)/t14-/m0/s1. The first-order valence-electron chi connectivity index (χ1n) is 10.6. The summed E-state index contributed by atoms with van der Waals surface area (Å²) in [4.78, 5) is 37.9. The summed E-state index contributed by atoms with van der Waals surface area (Å²) in [5.74, 6) is -1.55. The summed E-state index contributed by atoms with van der Waals surface area (Å²) in [5, 5.41) is 13.1. The first-order valence-corrected chi connectivity index (χ1v) is 12.7. The highest BCUT2D eigenvalue weighted by Gasteiger charge is 2.27. The molecule has 13 heteroatoms. The number of anilines is 2. The first-order chi connectivity index (χ1) is 15.9. The number of aromatic nitrogens is 3. The number of halogens is 1. The van der Waals surface area contributed by atoms with Crippen molar-refractivity contribution in [1.29, 1.82) is 0 Å². The molecule has 0 radical (unpaired) electrons. The van der Waals surface area contributed by atoms with E-state index in [1.54, 1.807) is 24.4 Å². The average molecular weight is 498 g/mol. The van der Waals surface area contributed by atoms with Crippen molar-refractivity contribution in [2.45, 2.75) is 43.8 Å². The van der Waals surface area contributed by atoms with Gasteiger partial charge in [0.15, 0.2) is 16.8 Å². The van der Waals surface area contributed by atoms with Gasteiger partial charge in [0.2, 0.25) is 18.1 Å². The number of hydrazine groups is 1. The van der Waals surface area contributed by atoms with E-state index in [9.17, 15) is 14.8 Å². The molecule has 1 aliphatic carbocycles. The molecule has 3 rings (SSSR count). The monoisotopic (exact) mass is 497 g/mol. The minimum Gasteiger partial charge on any atom is -0.350 e. The van der Waals surface area contributed by atoms with E-state index in [0.717, 1.165) is 30.7 Å². The van der Waals surface area contributed by atoms with Crippen molar-refractivity contribution < 1.29 is 19.2 Å². The molecule has 2 aromatic heterocycles. The van der Waals surface area contributed by atoms with Crippen molar-refractivity contribution in [3.05, 3.63) is 22.4 Å². The van der Waals surface area contributed by atoms with E-state index in [-0.39, 0.29) is 24.6 Å². The zero-order valence-electron chi connectivity index (χ0n) is 18.5. The molecule has 1 fully saturated rings. The van der Waals surface area contributed by atoms with Crippen LogP contribution >= 0.6 is 23.1 Å². The Labute approximate surface area is 199 Å². The van der Waals surface area contributed by atoms with Crippen LogP contribution in [0.1, 0.15) is 37.1 Å². The number of hydrogen-bond donors (Lipinski definition) is 3. The first kappa shape index (κ1) is 25.1. The second kappa shape index (κ2) is 12.1. The van der Waals surface area contributed by atoms with Gasteiger partial charge in [-0.1, -0.05) is 37.4 Å². The predicted octanol–water partition coefficient (Wildman–Crippen LogP) is 2.92. The molecule has 33 heavy (non-hydrogen) atoms. The highest BCUT2D eigenvalue weighted by atomic mass is 32.2. The Morgan fingerprint density at radius 2 is 2.18 bits per heavy atom. The third kappa shape index (κ3) is 6.98. The van der Waals surface area contributed by atoms with E-state index < -0.39 is 17.6 Å². The molecule has 180 valence electrons. The molecule has 0 spiro atoms. The summed E-state index contributed by atoms with van der Waals surface area (Å²) in [5.41, 5.74) is 5.07. The molecule has 3 N–H and O–H groups in total. The summed E-state index contributed by atoms with van der Waals surface area (Å²) in [6.07, 6.45) is 8.48. The fourth-order valence-corrected chi connectivity index (χ4v) is 4.88. The minimum absolute atomic E-state index is 0.0753. The summed E-state index contributed by atoms with van der Waals surface area (Å²) < 4.78 is 15.2. The fraction of sp³-hybridized carbons (Fsp3) is 0.550. The van der Waals surface area contributed by atoms with E-state index in [1.165, 1.54) is 23.1 Å². The lowest BCUT2D eigenvalue weighted by Crippen LogP contribution is -2.41. The molecule has 0 unspecified atom stereocenters. The number of hydrogen-bond acceptors (Lipinski definition) is 10. The van der Waals surface area contributed by atoms with Gasteiger partial charge < -0.3 is 4.90 Å². The van der Waals surface area contributed by atoms with Crippen LogP contribution in [-0.4, -0.2) is 57.4 Å². The molecule has 1 saturated carbocycles. The molecule has 0 aliphatic heterocycles. The number of carbonyl (C=O) groups is 2. The molecule has 2 heterocycles. The fourth-order valence-electron chi connectivity index (χ4n) is 3.86. The van der Waals surface area contributed by atoms with Gasteiger partial charge in [-0.05, 0) is 18.6 Å². The van der Waals surface area contributed by atoms with E-state index in [0.29, 0.717) is 29.1 Å². The molecule has 0 aromatic carbocycles. The van der Waals surface area contributed by atoms with E-state index >= 15 is 4.39 Å². The van der Waals surface area contributed by atoms with Crippen molar-refractivity contribution in [2.75, 3.05) is 30.2 Å². The maximum Gasteiger partial charge on any atom is 0.243 e. The summed E-state index contributed by atoms with van der Waals surface area (Å²) in [6, 6.07) is 0. The molecule has 1 aliphatic rings. The Kier molecular flexibility index (Phi) is 9.21. The van der Waals surface area contributed by atoms with E-state index in [2.05, 4.69) is 25.8 Å². The van der Waals surface area contributed by atoms with Crippen LogP contribution in [0.25, 0.3) is 0 Å². The summed E-state index contributed by atoms with van der Waals surface area (Å²) >= 11 is 2.70. The smallest absolute Gasteiger partial charge is 0.243 e. The number of hydroxylamine groups is 2. The van der Waals surface area contributed by atoms with Crippen molar-refractivity contribution in [1.82, 2.24) is 25.4 Å². The van der Waals surface area contributed by atoms with Crippen molar-refractivity contribution in [3.8, 4) is 0 Å². The van der Waals surface area contributed by atoms with Crippen LogP contribution in [0.15, 0.2) is 16.7 Å². The quantitative estimate of drug-likeness (QED) is 0.133. The van der Waals surface area contributed by atoms with Crippen molar-refractivity contribution >= 4 is 47.1 Å². The van der Waals surface area contributed by atoms with Crippen LogP contribution in [-0.2, 0) is 16.1 Å². The molecular weight excluding hydrogens is 469 g/mol. The van der Waals surface area contributed by atoms with Crippen LogP contribution in [0, 0.1) is 17.7 Å². The lowest BCUT2D eigenvalue weighted by Gasteiger charge is -2.23. The van der Waals surface area contributed by atoms with Gasteiger partial charge in [-0.15, -0.1) is 11.3 Å². The second-order valence-corrected chi connectivity index (χ2v) is 9.66. The Balaban J connectivity index is 1.72. The van der Waals surface area contributed by atoms with E-state index in [4.69, 9.17) is 0 Å². The zero-order valence-corrected chi connectivity index (χ0v) is 20.2. The van der Waals surface area contributed by atoms with Gasteiger partial charge in [0.25, 0.3) is 0 Å². The average Bonchev–Trinajstić information content (AvgIpc) is 3.52. The van der Waals surface area contributed by atoms with Crippen molar-refractivity contribution in [3.63, 3.8) is 0 Å². The molecule has 2 amide bonds. The van der Waals surface area contributed by atoms with Gasteiger partial charge >= 0.3 is 0 Å². The summed E-state index contributed by atoms with van der Waals surface area (Å²) in [6.45, 7) is 0.227. The number of carbonyl (C=O) groups excluding carboxylic acids is 2. The Morgan fingerprint density at radius 1 is 1.42 bits per heavy atom. The Hall–Kier alpha value is -2.51. The van der Waals surface area contributed by atoms with Gasteiger partial charge in [-0.2, -0.15) is 4.39 Å². The van der Waals surface area contributed by atoms with Crippen LogP contribution in [0.5, 0.6) is 0 Å². The molecule has 0 saturated heterocycles. The highest BCUT2D eigenvalue weighted by Crippen LogP contribution is 2.31. The molecule has 2 aromatic rings. The SMILES string of the molecule is CSc1nc(NNC(=O)[C@@H](CC2CCCC2)CN(O)C=O)c(F)c(N(C)Cc2nccs2)n1. The molecule has 10 nitrogen and oxygen atoms in total. The van der Waals surface area contributed by atoms with Gasteiger partial charge in [-0.25, -0.2) is 20.0 Å². The number of nitrogens with one attached hydrogen (secondary N) is 2. The van der Waals surface area contributed by atoms with Crippen LogP contribution in [0.3, 0.4) is 0 Å². The van der Waals surface area contributed by atoms with Crippen LogP contribution in [0.4, 0.5) is 16.0 Å². The van der Waals surface area contributed by atoms with E-state index in [1.807, 2.05) is 5.38 Å². The number of thiazole rings is 1. The van der Waals surface area contributed by atoms with Crippen LogP contribution in [0.2, 0.25) is 0 Å². The number of nitrogens with zero attached hydrogens (tertiary/aromatic N) is 5. The topological polar surface area (TPSA) is 124 Å². The molecule has 0 bridgehead atoms. The van der Waals surface area contributed by atoms with Crippen molar-refractivity contribution in [2.24, 2.45) is 11.8 Å². The van der Waals surface area contributed by atoms with Gasteiger partial charge in [-0.3, -0.25) is 25.6 Å². The number of rotatable bonds is 12. The largest absolute Gasteiger partial charge is 0.350 e. The van der Waals surface area contributed by atoms with Gasteiger partial charge in [0.1, 0.15) is 5.01 Å². The maximum atomic E-state index is 15.2. The van der Waals surface area contributed by atoms with Gasteiger partial charge in [0.05, 0.1) is 19.0 Å². The second-order valence-electron chi connectivity index (χ2n) is 7.90. The Bertz CT molecular complexity index is 929. The Morgan fingerprint density at radius 3 is 2.82 bits per heavy atom. The molecular formula is C20H28FN7O3S2. The lowest BCUT2D eigenvalue weighted by atomic mass is 9.92. The number of thioether (sulfide) groups is 1. The lowest BCUT2D eigenvalue weighted by molar-refractivity contribution is -0.154. The third-order valence-electron chi connectivity index (χ3n) is 5.51. The molecule has 1 atom stereocenters. The zero-order chi connectivity index (χ0) is 23.8. The van der Waals surface area contributed by atoms with Crippen LogP contribution < -0.4 is 15.8 Å². The maximum absolute atomic E-state index is 15.2.